The number of nitrogens with one attached hydrogen (secondary N) is 1. The molecule has 0 radical (unpaired) electrons. The summed E-state index contributed by atoms with van der Waals surface area (Å²) in [6.45, 7) is 13.7. The molecule has 0 unspecified atom stereocenters. The predicted molar refractivity (Wildman–Crippen MR) is 98.0 cm³/mol. The summed E-state index contributed by atoms with van der Waals surface area (Å²) in [5.74, 6) is 1.12. The summed E-state index contributed by atoms with van der Waals surface area (Å²) < 4.78 is 0. The Morgan fingerprint density at radius 1 is 1.13 bits per heavy atom. The second kappa shape index (κ2) is 11.9. The molecule has 0 amide bonds. The van der Waals surface area contributed by atoms with Crippen molar-refractivity contribution in [2.24, 2.45) is 4.99 Å². The summed E-state index contributed by atoms with van der Waals surface area (Å²) in [4.78, 5) is 9.99. The van der Waals surface area contributed by atoms with Gasteiger partial charge in [0.1, 0.15) is 0 Å². The molecule has 7 heteroatoms. The van der Waals surface area contributed by atoms with Crippen molar-refractivity contribution in [3.63, 3.8) is 0 Å². The van der Waals surface area contributed by atoms with Crippen LogP contribution in [-0.4, -0.2) is 60.1 Å². The van der Waals surface area contributed by atoms with E-state index in [1.54, 1.807) is 0 Å². The van der Waals surface area contributed by atoms with E-state index in [1.807, 2.05) is 0 Å². The summed E-state index contributed by atoms with van der Waals surface area (Å²) in [5, 5.41) is 3.57. The second-order valence-electron chi connectivity index (χ2n) is 6.94. The van der Waals surface area contributed by atoms with Crippen molar-refractivity contribution in [3.8, 4) is 0 Å². The van der Waals surface area contributed by atoms with Crippen LogP contribution in [0.5, 0.6) is 0 Å². The number of hydrogen-bond acceptors (Lipinski definition) is 2. The zero-order valence-electron chi connectivity index (χ0n) is 15.2. The van der Waals surface area contributed by atoms with Gasteiger partial charge in [-0.2, -0.15) is 0 Å². The van der Waals surface area contributed by atoms with Crippen molar-refractivity contribution in [2.45, 2.75) is 71.5 Å². The molecule has 2 heterocycles. The molecule has 4 nitrogen and oxygen atoms in total. The summed E-state index contributed by atoms with van der Waals surface area (Å²) in [6.07, 6.45) is 5.37. The van der Waals surface area contributed by atoms with Crippen LogP contribution in [0.2, 0.25) is 0 Å². The molecule has 0 saturated carbocycles. The van der Waals surface area contributed by atoms with E-state index in [9.17, 15) is 0 Å². The van der Waals surface area contributed by atoms with Gasteiger partial charge in [-0.3, -0.25) is 4.99 Å². The van der Waals surface area contributed by atoms with Crippen LogP contribution in [0.25, 0.3) is 0 Å². The van der Waals surface area contributed by atoms with Crippen LogP contribution in [-0.2, 0) is 15.1 Å². The van der Waals surface area contributed by atoms with Gasteiger partial charge in [0, 0.05) is 31.2 Å². The number of rotatable bonds is 4. The fraction of sp³-hybridized carbons (Fsp3) is 0.938. The topological polar surface area (TPSA) is 30.9 Å². The van der Waals surface area contributed by atoms with Crippen LogP contribution >= 0.6 is 19.4 Å². The molecule has 1 atom stereocenters. The zero-order valence-corrected chi connectivity index (χ0v) is 19.7. The molecular formula is C16H32Cl2N4Zn. The molecule has 23 heavy (non-hydrogen) atoms. The minimum absolute atomic E-state index is 0.351. The number of nitrogens with zero attached hydrogens (tertiary/aromatic N) is 3. The third-order valence-electron chi connectivity index (χ3n) is 4.12. The number of halogens is 2. The van der Waals surface area contributed by atoms with Crippen LogP contribution in [0.15, 0.2) is 4.99 Å². The normalized spacial score (nSPS) is 22.3. The molecule has 2 aliphatic heterocycles. The molecule has 2 rings (SSSR count). The van der Waals surface area contributed by atoms with Crippen molar-refractivity contribution in [2.75, 3.05) is 26.2 Å². The molecule has 1 N–H and O–H groups in total. The van der Waals surface area contributed by atoms with Gasteiger partial charge in [0.05, 0.1) is 0 Å². The van der Waals surface area contributed by atoms with Crippen molar-refractivity contribution in [1.29, 1.82) is 0 Å². The van der Waals surface area contributed by atoms with Gasteiger partial charge in [-0.1, -0.05) is 0 Å². The first kappa shape index (κ1) is 21.5. The van der Waals surface area contributed by atoms with Crippen LogP contribution in [0.3, 0.4) is 0 Å². The molecule has 0 bridgehead atoms. The number of aliphatic imine (C=N–C) groups is 1. The second-order valence-corrected chi connectivity index (χ2v) is 11.6. The van der Waals surface area contributed by atoms with Gasteiger partial charge in [0.2, 0.25) is 0 Å². The van der Waals surface area contributed by atoms with Crippen LogP contribution in [0.1, 0.15) is 53.4 Å². The van der Waals surface area contributed by atoms with Crippen molar-refractivity contribution in [1.82, 2.24) is 15.1 Å². The van der Waals surface area contributed by atoms with E-state index in [0.29, 0.717) is 18.1 Å². The Kier molecular flexibility index (Phi) is 11.1. The van der Waals surface area contributed by atoms with Gasteiger partial charge in [-0.15, -0.1) is 0 Å². The third-order valence-corrected chi connectivity index (χ3v) is 4.12. The first-order valence-corrected chi connectivity index (χ1v) is 16.7. The van der Waals surface area contributed by atoms with Crippen molar-refractivity contribution in [3.05, 3.63) is 0 Å². The Hall–Kier alpha value is 0.433. The number of likely N-dealkylation sites (tertiary alicyclic amines) is 2. The van der Waals surface area contributed by atoms with E-state index in [4.69, 9.17) is 24.4 Å². The molecule has 2 aliphatic rings. The quantitative estimate of drug-likeness (QED) is 0.431. The first-order chi connectivity index (χ1) is 11.0. The summed E-state index contributed by atoms with van der Waals surface area (Å²) in [6, 6.07) is 1.45. The van der Waals surface area contributed by atoms with E-state index in [-0.39, 0.29) is 0 Å². The molecule has 2 fully saturated rings. The average Bonchev–Trinajstić information content (AvgIpc) is 3.10. The maximum atomic E-state index is 4.95. The van der Waals surface area contributed by atoms with E-state index >= 15 is 0 Å². The van der Waals surface area contributed by atoms with Crippen LogP contribution in [0.4, 0.5) is 0 Å². The Balaban J connectivity index is 0.000000816. The maximum absolute atomic E-state index is 4.95. The average molecular weight is 417 g/mol. The van der Waals surface area contributed by atoms with Gasteiger partial charge in [-0.25, -0.2) is 0 Å². The Bertz CT molecular complexity index is 347. The third kappa shape index (κ3) is 8.38. The molecule has 0 aromatic carbocycles. The van der Waals surface area contributed by atoms with E-state index in [1.165, 1.54) is 45.3 Å². The Morgan fingerprint density at radius 2 is 1.74 bits per heavy atom. The predicted octanol–water partition coefficient (Wildman–Crippen LogP) is 3.69. The fourth-order valence-electron chi connectivity index (χ4n) is 3.26. The summed E-state index contributed by atoms with van der Waals surface area (Å²) >= 11 is -0.931. The van der Waals surface area contributed by atoms with Crippen molar-refractivity contribution < 1.29 is 15.1 Å². The monoisotopic (exact) mass is 414 g/mol. The van der Waals surface area contributed by atoms with E-state index < -0.39 is 15.1 Å². The molecular weight excluding hydrogens is 384 g/mol. The number of hydrogen-bond donors (Lipinski definition) is 1. The van der Waals surface area contributed by atoms with E-state index in [2.05, 4.69) is 42.8 Å². The zero-order chi connectivity index (χ0) is 17.2. The van der Waals surface area contributed by atoms with Gasteiger partial charge in [0.25, 0.3) is 0 Å². The summed E-state index contributed by atoms with van der Waals surface area (Å²) in [5.41, 5.74) is 0. The Labute approximate surface area is 158 Å². The molecule has 0 aromatic heterocycles. The SMILES string of the molecule is CC(C)N=C(NC(C)C)N1CCC[C@H]1CN1CCCC1.[Cl][Zn][Cl]. The van der Waals surface area contributed by atoms with Gasteiger partial charge in [0.15, 0.2) is 5.96 Å². The van der Waals surface area contributed by atoms with Gasteiger partial charge in [-0.05, 0) is 66.5 Å². The van der Waals surface area contributed by atoms with E-state index in [0.717, 1.165) is 12.5 Å². The molecule has 132 valence electrons. The van der Waals surface area contributed by atoms with Gasteiger partial charge < -0.3 is 15.1 Å². The molecule has 0 spiro atoms. The van der Waals surface area contributed by atoms with Crippen LogP contribution in [0, 0.1) is 0 Å². The first-order valence-electron chi connectivity index (χ1n) is 8.93. The van der Waals surface area contributed by atoms with Gasteiger partial charge >= 0.3 is 34.5 Å². The molecule has 2 saturated heterocycles. The summed E-state index contributed by atoms with van der Waals surface area (Å²) in [7, 11) is 9.90. The molecule has 0 aliphatic carbocycles. The van der Waals surface area contributed by atoms with Crippen LogP contribution < -0.4 is 5.32 Å². The van der Waals surface area contributed by atoms with Crippen molar-refractivity contribution >= 4 is 25.3 Å². The number of guanidine groups is 1. The Morgan fingerprint density at radius 3 is 2.26 bits per heavy atom. The minimum atomic E-state index is -0.931. The fourth-order valence-corrected chi connectivity index (χ4v) is 3.26. The molecule has 0 aromatic rings. The standard InChI is InChI=1S/C16H32N4.2ClH.Zn/c1-13(2)17-16(18-14(3)4)20-11-7-8-15(20)12-19-9-5-6-10-19;;;/h13-15H,5-12H2,1-4H3,(H,17,18);2*1H;/q;;;+2/p-2/t15-;;;/m0.../s1.